The molecular formula is C10H20N6S. The largest absolute Gasteiger partial charge is 0.368 e. The van der Waals surface area contributed by atoms with Gasteiger partial charge in [0, 0.05) is 20.6 Å². The fraction of sp³-hybridized carbons (Fsp3) is 0.700. The minimum absolute atomic E-state index is 0.240. The van der Waals surface area contributed by atoms with Crippen LogP contribution in [0.25, 0.3) is 0 Å². The van der Waals surface area contributed by atoms with Crippen LogP contribution >= 0.6 is 11.8 Å². The quantitative estimate of drug-likeness (QED) is 0.783. The molecule has 0 fully saturated rings. The van der Waals surface area contributed by atoms with Gasteiger partial charge in [0.1, 0.15) is 0 Å². The Bertz CT molecular complexity index is 357. The second kappa shape index (κ2) is 6.48. The smallest absolute Gasteiger partial charge is 0.231 e. The molecular weight excluding hydrogens is 236 g/mol. The first-order chi connectivity index (χ1) is 8.02. The number of hydrogen-bond donors (Lipinski definition) is 2. The maximum absolute atomic E-state index is 5.63. The van der Waals surface area contributed by atoms with Gasteiger partial charge in [-0.1, -0.05) is 6.92 Å². The van der Waals surface area contributed by atoms with Crippen molar-refractivity contribution in [3.05, 3.63) is 0 Å². The summed E-state index contributed by atoms with van der Waals surface area (Å²) in [4.78, 5) is 14.2. The molecule has 0 aliphatic carbocycles. The molecule has 1 unspecified atom stereocenters. The summed E-state index contributed by atoms with van der Waals surface area (Å²) in [5.74, 6) is 3.01. The third-order valence-electron chi connectivity index (χ3n) is 2.10. The van der Waals surface area contributed by atoms with Gasteiger partial charge in [0.15, 0.2) is 0 Å². The summed E-state index contributed by atoms with van der Waals surface area (Å²) in [6.45, 7) is 3.01. The zero-order chi connectivity index (χ0) is 12.8. The monoisotopic (exact) mass is 256 g/mol. The van der Waals surface area contributed by atoms with Gasteiger partial charge < -0.3 is 16.0 Å². The van der Waals surface area contributed by atoms with E-state index >= 15 is 0 Å². The van der Waals surface area contributed by atoms with Crippen LogP contribution in [0.3, 0.4) is 0 Å². The van der Waals surface area contributed by atoms with E-state index in [4.69, 9.17) is 5.73 Å². The molecule has 1 heterocycles. The molecule has 96 valence electrons. The number of nitrogens with one attached hydrogen (secondary N) is 1. The zero-order valence-corrected chi connectivity index (χ0v) is 11.6. The van der Waals surface area contributed by atoms with E-state index in [0.717, 1.165) is 12.3 Å². The lowest BCUT2D eigenvalue weighted by atomic mass is 10.2. The van der Waals surface area contributed by atoms with Crippen LogP contribution in [0, 0.1) is 5.92 Å². The van der Waals surface area contributed by atoms with E-state index in [0.29, 0.717) is 17.8 Å². The Labute approximate surface area is 106 Å². The van der Waals surface area contributed by atoms with E-state index in [9.17, 15) is 0 Å². The van der Waals surface area contributed by atoms with Gasteiger partial charge in [0.2, 0.25) is 17.8 Å². The molecule has 17 heavy (non-hydrogen) atoms. The number of nitrogen functional groups attached to an aromatic ring is 1. The molecule has 0 saturated heterocycles. The van der Waals surface area contributed by atoms with Crippen LogP contribution < -0.4 is 16.0 Å². The van der Waals surface area contributed by atoms with Crippen LogP contribution in [0.15, 0.2) is 0 Å². The molecule has 0 amide bonds. The fourth-order valence-electron chi connectivity index (χ4n) is 1.27. The summed E-state index contributed by atoms with van der Waals surface area (Å²) in [6.07, 6.45) is 2.10. The molecule has 0 radical (unpaired) electrons. The van der Waals surface area contributed by atoms with E-state index in [1.54, 1.807) is 4.90 Å². The molecule has 0 saturated carbocycles. The number of rotatable bonds is 6. The van der Waals surface area contributed by atoms with Gasteiger partial charge in [0.25, 0.3) is 0 Å². The lowest BCUT2D eigenvalue weighted by Crippen LogP contribution is -2.19. The Kier molecular flexibility index (Phi) is 5.27. The van der Waals surface area contributed by atoms with E-state index in [2.05, 4.69) is 33.4 Å². The number of thioether (sulfide) groups is 1. The Morgan fingerprint density at radius 3 is 2.65 bits per heavy atom. The van der Waals surface area contributed by atoms with Crippen molar-refractivity contribution in [2.45, 2.75) is 6.92 Å². The van der Waals surface area contributed by atoms with Crippen molar-refractivity contribution in [1.82, 2.24) is 15.0 Å². The summed E-state index contributed by atoms with van der Waals surface area (Å²) in [5, 5.41) is 3.18. The molecule has 0 aliphatic rings. The summed E-state index contributed by atoms with van der Waals surface area (Å²) >= 11 is 1.83. The molecule has 3 N–H and O–H groups in total. The van der Waals surface area contributed by atoms with E-state index < -0.39 is 0 Å². The van der Waals surface area contributed by atoms with Gasteiger partial charge in [-0.05, 0) is 17.9 Å². The summed E-state index contributed by atoms with van der Waals surface area (Å²) < 4.78 is 0. The second-order valence-corrected chi connectivity index (χ2v) is 5.06. The van der Waals surface area contributed by atoms with Gasteiger partial charge >= 0.3 is 0 Å². The predicted molar refractivity (Wildman–Crippen MR) is 74.6 cm³/mol. The van der Waals surface area contributed by atoms with Crippen LogP contribution in [-0.2, 0) is 0 Å². The van der Waals surface area contributed by atoms with Crippen molar-refractivity contribution in [2.75, 3.05) is 48.6 Å². The summed E-state index contributed by atoms with van der Waals surface area (Å²) in [5.41, 5.74) is 5.63. The number of hydrogen-bond acceptors (Lipinski definition) is 7. The highest BCUT2D eigenvalue weighted by Crippen LogP contribution is 2.10. The van der Waals surface area contributed by atoms with Crippen molar-refractivity contribution < 1.29 is 0 Å². The van der Waals surface area contributed by atoms with Crippen LogP contribution in [0.2, 0.25) is 0 Å². The van der Waals surface area contributed by atoms with E-state index in [1.807, 2.05) is 25.9 Å². The van der Waals surface area contributed by atoms with Gasteiger partial charge in [0.05, 0.1) is 0 Å². The molecule has 7 heteroatoms. The molecule has 1 aromatic rings. The van der Waals surface area contributed by atoms with Gasteiger partial charge in [-0.25, -0.2) is 0 Å². The van der Waals surface area contributed by atoms with E-state index in [1.165, 1.54) is 0 Å². The average molecular weight is 256 g/mol. The van der Waals surface area contributed by atoms with Crippen LogP contribution in [0.4, 0.5) is 17.8 Å². The molecule has 1 atom stereocenters. The molecule has 0 aromatic carbocycles. The van der Waals surface area contributed by atoms with Crippen molar-refractivity contribution in [2.24, 2.45) is 5.92 Å². The molecule has 1 rings (SSSR count). The van der Waals surface area contributed by atoms with Crippen molar-refractivity contribution in [3.63, 3.8) is 0 Å². The Balaban J connectivity index is 2.64. The first-order valence-corrected chi connectivity index (χ1v) is 6.84. The lowest BCUT2D eigenvalue weighted by Gasteiger charge is -2.14. The summed E-state index contributed by atoms with van der Waals surface area (Å²) in [7, 11) is 3.74. The zero-order valence-electron chi connectivity index (χ0n) is 10.8. The van der Waals surface area contributed by atoms with Crippen molar-refractivity contribution in [1.29, 1.82) is 0 Å². The Morgan fingerprint density at radius 2 is 2.06 bits per heavy atom. The maximum atomic E-state index is 5.63. The highest BCUT2D eigenvalue weighted by atomic mass is 32.2. The van der Waals surface area contributed by atoms with Gasteiger partial charge in [-0.2, -0.15) is 26.7 Å². The number of aromatic nitrogens is 3. The Morgan fingerprint density at radius 1 is 1.35 bits per heavy atom. The predicted octanol–water partition coefficient (Wildman–Crippen LogP) is 0.931. The molecule has 0 bridgehead atoms. The normalized spacial score (nSPS) is 12.2. The number of nitrogens with two attached hydrogens (primary N) is 1. The van der Waals surface area contributed by atoms with Gasteiger partial charge in [-0.3, -0.25) is 0 Å². The van der Waals surface area contributed by atoms with Gasteiger partial charge in [-0.15, -0.1) is 0 Å². The molecule has 0 spiro atoms. The first kappa shape index (κ1) is 13.8. The second-order valence-electron chi connectivity index (χ2n) is 4.15. The molecule has 6 nitrogen and oxygen atoms in total. The molecule has 0 aliphatic heterocycles. The number of anilines is 3. The highest BCUT2D eigenvalue weighted by Gasteiger charge is 2.07. The van der Waals surface area contributed by atoms with Crippen LogP contribution in [0.1, 0.15) is 6.92 Å². The van der Waals surface area contributed by atoms with E-state index in [-0.39, 0.29) is 5.95 Å². The third-order valence-corrected chi connectivity index (χ3v) is 3.00. The Hall–Kier alpha value is -1.24. The number of nitrogens with zero attached hydrogens (tertiary/aromatic N) is 4. The standard InChI is InChI=1S/C10H20N6S/c1-7(6-17-4)5-12-9-13-8(11)14-10(15-9)16(2)3/h7H,5-6H2,1-4H3,(H3,11,12,13,14,15). The minimum Gasteiger partial charge on any atom is -0.368 e. The maximum Gasteiger partial charge on any atom is 0.231 e. The topological polar surface area (TPSA) is 80.0 Å². The third kappa shape index (κ3) is 4.64. The first-order valence-electron chi connectivity index (χ1n) is 5.44. The van der Waals surface area contributed by atoms with Crippen molar-refractivity contribution in [3.8, 4) is 0 Å². The molecule has 1 aromatic heterocycles. The minimum atomic E-state index is 0.240. The highest BCUT2D eigenvalue weighted by molar-refractivity contribution is 7.98. The van der Waals surface area contributed by atoms with Crippen LogP contribution in [-0.4, -0.2) is 47.6 Å². The summed E-state index contributed by atoms with van der Waals surface area (Å²) in [6, 6.07) is 0. The average Bonchev–Trinajstić information content (AvgIpc) is 2.26. The van der Waals surface area contributed by atoms with Crippen LogP contribution in [0.5, 0.6) is 0 Å². The van der Waals surface area contributed by atoms with Crippen molar-refractivity contribution >= 4 is 29.6 Å². The fourth-order valence-corrected chi connectivity index (χ4v) is 1.96. The lowest BCUT2D eigenvalue weighted by molar-refractivity contribution is 0.696. The SMILES string of the molecule is CSCC(C)CNc1nc(N)nc(N(C)C)n1.